The molecule has 162 valence electrons. The molecule has 0 saturated carbocycles. The summed E-state index contributed by atoms with van der Waals surface area (Å²) in [6.45, 7) is 3.48. The molecule has 0 aliphatic heterocycles. The molecule has 3 rings (SSSR count). The van der Waals surface area contributed by atoms with Crippen molar-refractivity contribution in [1.29, 1.82) is 0 Å². The topological polar surface area (TPSA) is 75.3 Å². The summed E-state index contributed by atoms with van der Waals surface area (Å²) in [5.74, 6) is -0.622. The SMILES string of the molecule is Cc1ccc(C)c(S(=O)(=O)Nc2ccc(C(=O)Nc3cccc(C(F)(F)F)c3)cc2)c1. The summed E-state index contributed by atoms with van der Waals surface area (Å²) in [6, 6.07) is 15.0. The minimum Gasteiger partial charge on any atom is -0.322 e. The van der Waals surface area contributed by atoms with Gasteiger partial charge in [0.1, 0.15) is 0 Å². The third-order valence-corrected chi connectivity index (χ3v) is 6.00. The lowest BCUT2D eigenvalue weighted by Crippen LogP contribution is -2.15. The molecule has 3 aromatic rings. The molecule has 0 atom stereocenters. The van der Waals surface area contributed by atoms with E-state index in [1.54, 1.807) is 26.0 Å². The predicted molar refractivity (Wildman–Crippen MR) is 113 cm³/mol. The summed E-state index contributed by atoms with van der Waals surface area (Å²) in [6.07, 6.45) is -4.52. The van der Waals surface area contributed by atoms with Crippen molar-refractivity contribution < 1.29 is 26.4 Å². The Labute approximate surface area is 178 Å². The minimum atomic E-state index is -4.52. The van der Waals surface area contributed by atoms with Crippen molar-refractivity contribution in [1.82, 2.24) is 0 Å². The maximum atomic E-state index is 12.8. The lowest BCUT2D eigenvalue weighted by atomic mass is 10.1. The Bertz CT molecular complexity index is 1220. The van der Waals surface area contributed by atoms with Gasteiger partial charge < -0.3 is 5.32 Å². The van der Waals surface area contributed by atoms with E-state index in [1.807, 2.05) is 6.07 Å². The number of carbonyl (C=O) groups excluding carboxylic acids is 1. The summed E-state index contributed by atoms with van der Waals surface area (Å²) < 4.78 is 66.2. The number of hydrogen-bond donors (Lipinski definition) is 2. The van der Waals surface area contributed by atoms with E-state index in [-0.39, 0.29) is 21.8 Å². The molecular formula is C22H19F3N2O3S. The molecule has 0 unspecified atom stereocenters. The van der Waals surface area contributed by atoms with Gasteiger partial charge >= 0.3 is 6.18 Å². The second-order valence-electron chi connectivity index (χ2n) is 6.98. The number of halogens is 3. The maximum absolute atomic E-state index is 12.8. The van der Waals surface area contributed by atoms with Gasteiger partial charge in [-0.3, -0.25) is 9.52 Å². The number of hydrogen-bond acceptors (Lipinski definition) is 3. The Morgan fingerprint density at radius 2 is 1.55 bits per heavy atom. The summed E-state index contributed by atoms with van der Waals surface area (Å²) in [5, 5.41) is 2.40. The Morgan fingerprint density at radius 1 is 0.871 bits per heavy atom. The Morgan fingerprint density at radius 3 is 2.19 bits per heavy atom. The van der Waals surface area contributed by atoms with E-state index in [4.69, 9.17) is 0 Å². The Kier molecular flexibility index (Phi) is 6.08. The van der Waals surface area contributed by atoms with Crippen LogP contribution in [0.2, 0.25) is 0 Å². The van der Waals surface area contributed by atoms with Crippen LogP contribution in [0.25, 0.3) is 0 Å². The van der Waals surface area contributed by atoms with Crippen LogP contribution in [0, 0.1) is 13.8 Å². The average molecular weight is 448 g/mol. The van der Waals surface area contributed by atoms with Gasteiger partial charge in [-0.25, -0.2) is 8.42 Å². The van der Waals surface area contributed by atoms with Gasteiger partial charge in [-0.1, -0.05) is 18.2 Å². The number of nitrogens with one attached hydrogen (secondary N) is 2. The number of benzene rings is 3. The molecule has 0 spiro atoms. The van der Waals surface area contributed by atoms with Gasteiger partial charge in [0.05, 0.1) is 10.5 Å². The zero-order chi connectivity index (χ0) is 22.8. The average Bonchev–Trinajstić information content (AvgIpc) is 2.69. The molecule has 5 nitrogen and oxygen atoms in total. The molecule has 0 aliphatic rings. The molecule has 0 saturated heterocycles. The van der Waals surface area contributed by atoms with Gasteiger partial charge in [0.15, 0.2) is 0 Å². The first kappa shape index (κ1) is 22.4. The normalized spacial score (nSPS) is 11.8. The van der Waals surface area contributed by atoms with Crippen molar-refractivity contribution in [3.05, 3.63) is 89.0 Å². The zero-order valence-electron chi connectivity index (χ0n) is 16.6. The summed E-state index contributed by atoms with van der Waals surface area (Å²) in [4.78, 5) is 12.5. The van der Waals surface area contributed by atoms with Crippen molar-refractivity contribution in [2.24, 2.45) is 0 Å². The zero-order valence-corrected chi connectivity index (χ0v) is 17.4. The second kappa shape index (κ2) is 8.43. The highest BCUT2D eigenvalue weighted by molar-refractivity contribution is 7.92. The molecule has 0 radical (unpaired) electrons. The number of carbonyl (C=O) groups is 1. The largest absolute Gasteiger partial charge is 0.416 e. The molecule has 3 aromatic carbocycles. The molecule has 2 N–H and O–H groups in total. The van der Waals surface area contributed by atoms with Crippen LogP contribution in [0.1, 0.15) is 27.0 Å². The Hall–Kier alpha value is -3.33. The molecule has 0 aliphatic carbocycles. The molecule has 0 fully saturated rings. The molecule has 0 aromatic heterocycles. The van der Waals surface area contributed by atoms with Crippen LogP contribution in [0.4, 0.5) is 24.5 Å². The van der Waals surface area contributed by atoms with Crippen LogP contribution in [-0.2, 0) is 16.2 Å². The fourth-order valence-electron chi connectivity index (χ4n) is 2.87. The molecule has 9 heteroatoms. The number of anilines is 2. The number of sulfonamides is 1. The van der Waals surface area contributed by atoms with Crippen molar-refractivity contribution in [2.75, 3.05) is 10.0 Å². The first-order valence-electron chi connectivity index (χ1n) is 9.14. The van der Waals surface area contributed by atoms with Crippen LogP contribution >= 0.6 is 0 Å². The lowest BCUT2D eigenvalue weighted by Gasteiger charge is -2.12. The van der Waals surface area contributed by atoms with E-state index in [0.29, 0.717) is 5.56 Å². The van der Waals surface area contributed by atoms with E-state index in [1.165, 1.54) is 36.4 Å². The van der Waals surface area contributed by atoms with Crippen LogP contribution in [0.15, 0.2) is 71.6 Å². The number of rotatable bonds is 5. The number of alkyl halides is 3. The lowest BCUT2D eigenvalue weighted by molar-refractivity contribution is -0.137. The van der Waals surface area contributed by atoms with E-state index >= 15 is 0 Å². The fraction of sp³-hybridized carbons (Fsp3) is 0.136. The maximum Gasteiger partial charge on any atom is 0.416 e. The minimum absolute atomic E-state index is 0.000438. The highest BCUT2D eigenvalue weighted by atomic mass is 32.2. The molecule has 1 amide bonds. The smallest absolute Gasteiger partial charge is 0.322 e. The van der Waals surface area contributed by atoms with E-state index in [2.05, 4.69) is 10.0 Å². The first-order valence-corrected chi connectivity index (χ1v) is 10.6. The van der Waals surface area contributed by atoms with Crippen molar-refractivity contribution in [2.45, 2.75) is 24.9 Å². The summed E-state index contributed by atoms with van der Waals surface area (Å²) in [5.41, 5.74) is 0.924. The van der Waals surface area contributed by atoms with Crippen molar-refractivity contribution in [3.8, 4) is 0 Å². The second-order valence-corrected chi connectivity index (χ2v) is 8.64. The quantitative estimate of drug-likeness (QED) is 0.551. The van der Waals surface area contributed by atoms with E-state index in [0.717, 1.165) is 17.7 Å². The fourth-order valence-corrected chi connectivity index (χ4v) is 4.26. The first-order chi connectivity index (χ1) is 14.5. The van der Waals surface area contributed by atoms with Crippen molar-refractivity contribution >= 4 is 27.3 Å². The highest BCUT2D eigenvalue weighted by Gasteiger charge is 2.30. The standard InChI is InChI=1S/C22H19F3N2O3S/c1-14-6-7-15(2)20(12-14)31(29,30)27-18-10-8-16(9-11-18)21(28)26-19-5-3-4-17(13-19)22(23,24)25/h3-13,27H,1-2H3,(H,26,28). The third kappa shape index (κ3) is 5.43. The van der Waals surface area contributed by atoms with Crippen LogP contribution in [0.3, 0.4) is 0 Å². The van der Waals surface area contributed by atoms with Crippen LogP contribution < -0.4 is 10.0 Å². The summed E-state index contributed by atoms with van der Waals surface area (Å²) >= 11 is 0. The van der Waals surface area contributed by atoms with E-state index in [9.17, 15) is 26.4 Å². The highest BCUT2D eigenvalue weighted by Crippen LogP contribution is 2.30. The molecule has 0 heterocycles. The number of amides is 1. The van der Waals surface area contributed by atoms with Gasteiger partial charge in [0, 0.05) is 16.9 Å². The van der Waals surface area contributed by atoms with Gasteiger partial charge in [-0.2, -0.15) is 13.2 Å². The number of aryl methyl sites for hydroxylation is 2. The molecule has 31 heavy (non-hydrogen) atoms. The third-order valence-electron chi connectivity index (χ3n) is 4.48. The monoisotopic (exact) mass is 448 g/mol. The van der Waals surface area contributed by atoms with Crippen molar-refractivity contribution in [3.63, 3.8) is 0 Å². The van der Waals surface area contributed by atoms with Crippen LogP contribution in [0.5, 0.6) is 0 Å². The Balaban J connectivity index is 1.74. The molecule has 0 bridgehead atoms. The van der Waals surface area contributed by atoms with E-state index < -0.39 is 27.7 Å². The van der Waals surface area contributed by atoms with Crippen LogP contribution in [-0.4, -0.2) is 14.3 Å². The predicted octanol–water partition coefficient (Wildman–Crippen LogP) is 5.38. The summed E-state index contributed by atoms with van der Waals surface area (Å²) in [7, 11) is -3.82. The van der Waals surface area contributed by atoms with Gasteiger partial charge in [0.2, 0.25) is 0 Å². The molecular weight excluding hydrogens is 429 g/mol. The van der Waals surface area contributed by atoms with Gasteiger partial charge in [-0.15, -0.1) is 0 Å². The van der Waals surface area contributed by atoms with Gasteiger partial charge in [-0.05, 0) is 73.5 Å². The van der Waals surface area contributed by atoms with Gasteiger partial charge in [0.25, 0.3) is 15.9 Å².